The van der Waals surface area contributed by atoms with Crippen LogP contribution in [-0.2, 0) is 4.79 Å². The van der Waals surface area contributed by atoms with Gasteiger partial charge in [0.25, 0.3) is 5.91 Å². The van der Waals surface area contributed by atoms with Crippen LogP contribution >= 0.6 is 11.8 Å². The third-order valence-electron chi connectivity index (χ3n) is 5.09. The summed E-state index contributed by atoms with van der Waals surface area (Å²) in [4.78, 5) is 25.2. The van der Waals surface area contributed by atoms with E-state index in [4.69, 9.17) is 0 Å². The Morgan fingerprint density at radius 1 is 1.20 bits per heavy atom. The standard InChI is InChI=1S/C19H27N3O2S/c1-25-10-9-17(22-18(23)13-5-3-2-4-6-13)19(24)21-16-11-14-7-8-15(12-16)20-14/h2-6,14-17,20H,7-12H2,1H3,(H,21,24)(H,22,23). The monoisotopic (exact) mass is 361 g/mol. The van der Waals surface area contributed by atoms with Crippen LogP contribution in [0.25, 0.3) is 0 Å². The fourth-order valence-corrected chi connectivity index (χ4v) is 4.28. The number of amides is 2. The van der Waals surface area contributed by atoms with Crippen LogP contribution in [0.3, 0.4) is 0 Å². The van der Waals surface area contributed by atoms with Crippen molar-refractivity contribution in [1.29, 1.82) is 0 Å². The fraction of sp³-hybridized carbons (Fsp3) is 0.579. The van der Waals surface area contributed by atoms with E-state index in [0.29, 0.717) is 24.1 Å². The summed E-state index contributed by atoms with van der Waals surface area (Å²) in [6, 6.07) is 9.88. The third kappa shape index (κ3) is 4.98. The van der Waals surface area contributed by atoms with Gasteiger partial charge in [-0.25, -0.2) is 0 Å². The van der Waals surface area contributed by atoms with Gasteiger partial charge in [-0.3, -0.25) is 9.59 Å². The molecule has 1 aromatic carbocycles. The average molecular weight is 362 g/mol. The fourth-order valence-electron chi connectivity index (χ4n) is 3.81. The van der Waals surface area contributed by atoms with E-state index in [9.17, 15) is 9.59 Å². The topological polar surface area (TPSA) is 70.2 Å². The minimum atomic E-state index is -0.479. The molecule has 2 saturated heterocycles. The summed E-state index contributed by atoms with van der Waals surface area (Å²) in [5.74, 6) is 0.599. The lowest BCUT2D eigenvalue weighted by Gasteiger charge is -2.31. The molecule has 0 spiro atoms. The number of carbonyl (C=O) groups is 2. The molecule has 25 heavy (non-hydrogen) atoms. The predicted molar refractivity (Wildman–Crippen MR) is 102 cm³/mol. The number of rotatable bonds is 7. The van der Waals surface area contributed by atoms with Crippen LogP contribution < -0.4 is 16.0 Å². The smallest absolute Gasteiger partial charge is 0.251 e. The Bertz CT molecular complexity index is 584. The summed E-state index contributed by atoms with van der Waals surface area (Å²) in [5, 5.41) is 9.68. The van der Waals surface area contributed by atoms with Crippen molar-refractivity contribution in [3.05, 3.63) is 35.9 Å². The molecule has 0 saturated carbocycles. The first-order valence-corrected chi connectivity index (χ1v) is 10.5. The minimum Gasteiger partial charge on any atom is -0.351 e. The molecule has 2 aliphatic heterocycles. The van der Waals surface area contributed by atoms with E-state index >= 15 is 0 Å². The molecular weight excluding hydrogens is 334 g/mol. The van der Waals surface area contributed by atoms with Gasteiger partial charge in [-0.1, -0.05) is 18.2 Å². The Kier molecular flexibility index (Phi) is 6.37. The van der Waals surface area contributed by atoms with Crippen molar-refractivity contribution in [1.82, 2.24) is 16.0 Å². The van der Waals surface area contributed by atoms with Crippen molar-refractivity contribution in [3.8, 4) is 0 Å². The highest BCUT2D eigenvalue weighted by atomic mass is 32.2. The number of fused-ring (bicyclic) bond motifs is 2. The Morgan fingerprint density at radius 2 is 1.88 bits per heavy atom. The largest absolute Gasteiger partial charge is 0.351 e. The molecule has 2 bridgehead atoms. The van der Waals surface area contributed by atoms with Gasteiger partial charge in [0.15, 0.2) is 0 Å². The molecule has 136 valence electrons. The summed E-state index contributed by atoms with van der Waals surface area (Å²) >= 11 is 1.69. The summed E-state index contributed by atoms with van der Waals surface area (Å²) < 4.78 is 0. The molecule has 2 heterocycles. The van der Waals surface area contributed by atoms with E-state index in [1.807, 2.05) is 24.5 Å². The molecule has 3 unspecified atom stereocenters. The van der Waals surface area contributed by atoms with Crippen molar-refractivity contribution in [2.24, 2.45) is 0 Å². The summed E-state index contributed by atoms with van der Waals surface area (Å²) in [6.07, 6.45) is 7.05. The molecule has 0 aliphatic carbocycles. The highest BCUT2D eigenvalue weighted by molar-refractivity contribution is 7.98. The van der Waals surface area contributed by atoms with Gasteiger partial charge in [0.1, 0.15) is 6.04 Å². The van der Waals surface area contributed by atoms with Crippen molar-refractivity contribution in [2.45, 2.75) is 56.3 Å². The van der Waals surface area contributed by atoms with Crippen molar-refractivity contribution >= 4 is 23.6 Å². The lowest BCUT2D eigenvalue weighted by atomic mass is 9.99. The molecule has 3 rings (SSSR count). The second kappa shape index (κ2) is 8.72. The lowest BCUT2D eigenvalue weighted by Crippen LogP contribution is -2.53. The van der Waals surface area contributed by atoms with Crippen molar-refractivity contribution in [2.75, 3.05) is 12.0 Å². The predicted octanol–water partition coefficient (Wildman–Crippen LogP) is 1.94. The van der Waals surface area contributed by atoms with Crippen LogP contribution in [0.1, 0.15) is 42.5 Å². The molecule has 1 aromatic rings. The first kappa shape index (κ1) is 18.3. The quantitative estimate of drug-likeness (QED) is 0.694. The summed E-state index contributed by atoms with van der Waals surface area (Å²) in [5.41, 5.74) is 0.587. The van der Waals surface area contributed by atoms with Crippen LogP contribution in [-0.4, -0.2) is 48.0 Å². The average Bonchev–Trinajstić information content (AvgIpc) is 2.97. The number of piperidine rings is 1. The van der Waals surface area contributed by atoms with Gasteiger partial charge < -0.3 is 16.0 Å². The Balaban J connectivity index is 1.59. The molecule has 2 aliphatic rings. The maximum Gasteiger partial charge on any atom is 0.251 e. The van der Waals surface area contributed by atoms with Crippen LogP contribution in [0.15, 0.2) is 30.3 Å². The summed E-state index contributed by atoms with van der Waals surface area (Å²) in [6.45, 7) is 0. The van der Waals surface area contributed by atoms with Crippen LogP contribution in [0.4, 0.5) is 0 Å². The maximum absolute atomic E-state index is 12.8. The van der Waals surface area contributed by atoms with E-state index in [0.717, 1.165) is 18.6 Å². The van der Waals surface area contributed by atoms with Crippen molar-refractivity contribution in [3.63, 3.8) is 0 Å². The molecule has 0 radical (unpaired) electrons. The number of carbonyl (C=O) groups excluding carboxylic acids is 2. The first-order chi connectivity index (χ1) is 12.2. The molecule has 3 atom stereocenters. The number of hydrogen-bond acceptors (Lipinski definition) is 4. The van der Waals surface area contributed by atoms with Crippen LogP contribution in [0.5, 0.6) is 0 Å². The molecular formula is C19H27N3O2S. The van der Waals surface area contributed by atoms with Crippen LogP contribution in [0, 0.1) is 0 Å². The second-order valence-electron chi connectivity index (χ2n) is 6.99. The number of thioether (sulfide) groups is 1. The van der Waals surface area contributed by atoms with E-state index in [1.54, 1.807) is 23.9 Å². The van der Waals surface area contributed by atoms with E-state index in [1.165, 1.54) is 12.8 Å². The van der Waals surface area contributed by atoms with Gasteiger partial charge in [0.05, 0.1) is 0 Å². The Morgan fingerprint density at radius 3 is 2.52 bits per heavy atom. The molecule has 6 heteroatoms. The Hall–Kier alpha value is -1.53. The number of nitrogens with one attached hydrogen (secondary N) is 3. The molecule has 0 aromatic heterocycles. The van der Waals surface area contributed by atoms with E-state index < -0.39 is 6.04 Å². The highest BCUT2D eigenvalue weighted by Gasteiger charge is 2.35. The molecule has 2 amide bonds. The van der Waals surface area contributed by atoms with E-state index in [2.05, 4.69) is 16.0 Å². The first-order valence-electron chi connectivity index (χ1n) is 9.07. The number of hydrogen-bond donors (Lipinski definition) is 3. The summed E-state index contributed by atoms with van der Waals surface area (Å²) in [7, 11) is 0. The molecule has 3 N–H and O–H groups in total. The van der Waals surface area contributed by atoms with Gasteiger partial charge in [-0.2, -0.15) is 11.8 Å². The SMILES string of the molecule is CSCCC(NC(=O)c1ccccc1)C(=O)NC1CC2CCC(C1)N2. The maximum atomic E-state index is 12.8. The van der Waals surface area contributed by atoms with Gasteiger partial charge >= 0.3 is 0 Å². The number of benzene rings is 1. The minimum absolute atomic E-state index is 0.0513. The van der Waals surface area contributed by atoms with Crippen LogP contribution in [0.2, 0.25) is 0 Å². The normalized spacial score (nSPS) is 26.0. The zero-order valence-electron chi connectivity index (χ0n) is 14.7. The van der Waals surface area contributed by atoms with Gasteiger partial charge in [-0.15, -0.1) is 0 Å². The second-order valence-corrected chi connectivity index (χ2v) is 7.97. The molecule has 2 fully saturated rings. The Labute approximate surface area is 153 Å². The van der Waals surface area contributed by atoms with Gasteiger partial charge in [0.2, 0.25) is 5.91 Å². The highest BCUT2D eigenvalue weighted by Crippen LogP contribution is 2.26. The van der Waals surface area contributed by atoms with Gasteiger partial charge in [0, 0.05) is 23.7 Å². The zero-order valence-corrected chi connectivity index (χ0v) is 15.5. The lowest BCUT2D eigenvalue weighted by molar-refractivity contribution is -0.124. The zero-order chi connectivity index (χ0) is 17.6. The molecule has 5 nitrogen and oxygen atoms in total. The van der Waals surface area contributed by atoms with Crippen molar-refractivity contribution < 1.29 is 9.59 Å². The van der Waals surface area contributed by atoms with Gasteiger partial charge in [-0.05, 0) is 56.2 Å². The third-order valence-corrected chi connectivity index (χ3v) is 5.73. The van der Waals surface area contributed by atoms with E-state index in [-0.39, 0.29) is 17.9 Å².